The van der Waals surface area contributed by atoms with Gasteiger partial charge in [0, 0.05) is 28.1 Å². The Morgan fingerprint density at radius 3 is 2.59 bits per heavy atom. The lowest BCUT2D eigenvalue weighted by molar-refractivity contribution is -0.123. The number of carbonyl (C=O) groups excluding carboxylic acids is 2. The van der Waals surface area contributed by atoms with Crippen molar-refractivity contribution in [2.75, 3.05) is 6.54 Å². The Bertz CT molecular complexity index is 1230. The number of hydrogen-bond acceptors (Lipinski definition) is 4. The third kappa shape index (κ3) is 5.08. The summed E-state index contributed by atoms with van der Waals surface area (Å²) in [7, 11) is 0. The summed E-state index contributed by atoms with van der Waals surface area (Å²) in [6.07, 6.45) is 4.29. The van der Waals surface area contributed by atoms with Crippen LogP contribution >= 0.6 is 23.2 Å². The number of amides is 2. The molecule has 0 radical (unpaired) electrons. The minimum absolute atomic E-state index is 0.00216. The van der Waals surface area contributed by atoms with Gasteiger partial charge in [0.15, 0.2) is 5.69 Å². The summed E-state index contributed by atoms with van der Waals surface area (Å²) in [6, 6.07) is 11.0. The largest absolute Gasteiger partial charge is 0.348 e. The Balaban J connectivity index is 1.27. The second-order valence-corrected chi connectivity index (χ2v) is 9.63. The van der Waals surface area contributed by atoms with Gasteiger partial charge >= 0.3 is 0 Å². The molecule has 2 N–H and O–H groups in total. The highest BCUT2D eigenvalue weighted by Gasteiger charge is 2.44. The summed E-state index contributed by atoms with van der Waals surface area (Å²) in [6.45, 7) is 0.00216. The minimum Gasteiger partial charge on any atom is -0.348 e. The molecule has 3 aromatic rings. The van der Waals surface area contributed by atoms with E-state index < -0.39 is 17.8 Å². The minimum atomic E-state index is -0.750. The molecule has 7 nitrogen and oxygen atoms in total. The molecule has 2 aliphatic carbocycles. The fourth-order valence-electron chi connectivity index (χ4n) is 4.10. The summed E-state index contributed by atoms with van der Waals surface area (Å²) < 4.78 is 16.2. The van der Waals surface area contributed by atoms with Crippen LogP contribution < -0.4 is 10.6 Å². The molecule has 2 saturated carbocycles. The molecule has 0 bridgehead atoms. The molecule has 3 atom stereocenters. The summed E-state index contributed by atoms with van der Waals surface area (Å²) in [4.78, 5) is 25.6. The lowest BCUT2D eigenvalue weighted by Crippen LogP contribution is -2.39. The van der Waals surface area contributed by atoms with E-state index in [0.29, 0.717) is 28.1 Å². The maximum Gasteiger partial charge on any atom is 0.273 e. The first-order valence-electron chi connectivity index (χ1n) is 11.1. The van der Waals surface area contributed by atoms with Crippen molar-refractivity contribution in [2.45, 2.75) is 37.3 Å². The average Bonchev–Trinajstić information content (AvgIpc) is 3.74. The van der Waals surface area contributed by atoms with Gasteiger partial charge in [-0.15, -0.1) is 5.10 Å². The molecule has 1 aromatic heterocycles. The Hall–Kier alpha value is -2.97. The van der Waals surface area contributed by atoms with Crippen molar-refractivity contribution in [1.29, 1.82) is 0 Å². The highest BCUT2D eigenvalue weighted by molar-refractivity contribution is 6.34. The zero-order valence-corrected chi connectivity index (χ0v) is 19.6. The van der Waals surface area contributed by atoms with E-state index in [1.165, 1.54) is 6.07 Å². The number of hydrogen-bond donors (Lipinski definition) is 2. The van der Waals surface area contributed by atoms with Crippen LogP contribution in [0.4, 0.5) is 4.39 Å². The van der Waals surface area contributed by atoms with Gasteiger partial charge in [-0.2, -0.15) is 0 Å². The predicted molar refractivity (Wildman–Crippen MR) is 125 cm³/mol. The number of benzene rings is 2. The number of nitrogens with one attached hydrogen (secondary N) is 2. The molecule has 0 spiro atoms. The molecule has 1 heterocycles. The topological polar surface area (TPSA) is 88.9 Å². The van der Waals surface area contributed by atoms with E-state index in [4.69, 9.17) is 23.2 Å². The van der Waals surface area contributed by atoms with Gasteiger partial charge in [-0.05, 0) is 55.0 Å². The zero-order chi connectivity index (χ0) is 23.8. The van der Waals surface area contributed by atoms with Crippen molar-refractivity contribution in [2.24, 2.45) is 5.92 Å². The van der Waals surface area contributed by atoms with E-state index in [1.807, 2.05) is 0 Å². The normalized spacial score (nSPS) is 20.0. The number of rotatable bonds is 8. The summed E-state index contributed by atoms with van der Waals surface area (Å²) in [5, 5.41) is 14.6. The van der Waals surface area contributed by atoms with E-state index >= 15 is 0 Å². The van der Waals surface area contributed by atoms with Crippen LogP contribution in [0, 0.1) is 11.7 Å². The van der Waals surface area contributed by atoms with Gasteiger partial charge in [-0.3, -0.25) is 9.59 Å². The quantitative estimate of drug-likeness (QED) is 0.477. The molecular formula is C24H22Cl2FN5O2. The smallest absolute Gasteiger partial charge is 0.273 e. The highest BCUT2D eigenvalue weighted by atomic mass is 35.5. The second kappa shape index (κ2) is 9.35. The third-order valence-electron chi connectivity index (χ3n) is 6.17. The molecule has 34 heavy (non-hydrogen) atoms. The van der Waals surface area contributed by atoms with Crippen molar-refractivity contribution in [3.05, 3.63) is 81.3 Å². The third-order valence-corrected chi connectivity index (χ3v) is 6.60. The SMILES string of the molecule is O=C(NCC(NC(=O)[C@@H]1C[C@H]1c1cc(Cl)cc(Cl)c1)c1ccccc1F)c1cn(C2CC2)nn1. The Morgan fingerprint density at radius 2 is 1.88 bits per heavy atom. The van der Waals surface area contributed by atoms with Gasteiger partial charge < -0.3 is 10.6 Å². The predicted octanol–water partition coefficient (Wildman–Crippen LogP) is 4.45. The number of carbonyl (C=O) groups is 2. The van der Waals surface area contributed by atoms with Crippen molar-refractivity contribution in [1.82, 2.24) is 25.6 Å². The second-order valence-electron chi connectivity index (χ2n) is 8.76. The first-order valence-corrected chi connectivity index (χ1v) is 11.9. The maximum atomic E-state index is 14.6. The molecule has 0 aliphatic heterocycles. The maximum absolute atomic E-state index is 14.6. The van der Waals surface area contributed by atoms with Crippen molar-refractivity contribution >= 4 is 35.0 Å². The molecule has 5 rings (SSSR count). The number of aromatic nitrogens is 3. The van der Waals surface area contributed by atoms with Gasteiger partial charge in [0.2, 0.25) is 5.91 Å². The van der Waals surface area contributed by atoms with Gasteiger partial charge in [-0.25, -0.2) is 9.07 Å². The van der Waals surface area contributed by atoms with Crippen LogP contribution in [-0.2, 0) is 4.79 Å². The van der Waals surface area contributed by atoms with Crippen LogP contribution in [0.2, 0.25) is 10.0 Å². The molecule has 176 valence electrons. The number of halogens is 3. The molecule has 0 saturated heterocycles. The fourth-order valence-corrected chi connectivity index (χ4v) is 4.64. The van der Waals surface area contributed by atoms with Crippen molar-refractivity contribution in [3.8, 4) is 0 Å². The molecular weight excluding hydrogens is 480 g/mol. The van der Waals surface area contributed by atoms with E-state index in [0.717, 1.165) is 18.4 Å². The first-order chi connectivity index (χ1) is 16.4. The van der Waals surface area contributed by atoms with E-state index in [-0.39, 0.29) is 30.0 Å². The lowest BCUT2D eigenvalue weighted by Gasteiger charge is -2.20. The Morgan fingerprint density at radius 1 is 1.15 bits per heavy atom. The lowest BCUT2D eigenvalue weighted by atomic mass is 10.0. The van der Waals surface area contributed by atoms with Crippen molar-refractivity contribution in [3.63, 3.8) is 0 Å². The van der Waals surface area contributed by atoms with E-state index in [1.54, 1.807) is 47.3 Å². The summed E-state index contributed by atoms with van der Waals surface area (Å²) in [5.41, 5.74) is 1.37. The molecule has 2 aliphatic rings. The van der Waals surface area contributed by atoms with Gasteiger partial charge in [0.25, 0.3) is 5.91 Å². The summed E-state index contributed by atoms with van der Waals surface area (Å²) >= 11 is 12.2. The van der Waals surface area contributed by atoms with Crippen LogP contribution in [-0.4, -0.2) is 33.4 Å². The molecule has 2 fully saturated rings. The van der Waals surface area contributed by atoms with Crippen LogP contribution in [0.25, 0.3) is 0 Å². The van der Waals surface area contributed by atoms with Gasteiger partial charge in [0.05, 0.1) is 18.3 Å². The van der Waals surface area contributed by atoms with E-state index in [9.17, 15) is 14.0 Å². The van der Waals surface area contributed by atoms with Crippen LogP contribution in [0.5, 0.6) is 0 Å². The number of nitrogens with zero attached hydrogens (tertiary/aromatic N) is 3. The van der Waals surface area contributed by atoms with Crippen LogP contribution in [0.3, 0.4) is 0 Å². The molecule has 2 amide bonds. The molecule has 1 unspecified atom stereocenters. The van der Waals surface area contributed by atoms with Crippen molar-refractivity contribution < 1.29 is 14.0 Å². The standard InChI is InChI=1S/C24H22Cl2FN5O2/c25-14-7-13(8-15(26)9-14)18-10-19(18)23(33)29-21(17-3-1-2-4-20(17)27)11-28-24(34)22-12-32(31-30-22)16-5-6-16/h1-4,7-9,12,16,18-19,21H,5-6,10-11H2,(H,28,34)(H,29,33)/t18-,19+,21?/m0/s1. The van der Waals surface area contributed by atoms with Crippen LogP contribution in [0.15, 0.2) is 48.7 Å². The summed E-state index contributed by atoms with van der Waals surface area (Å²) in [5.74, 6) is -1.40. The van der Waals surface area contributed by atoms with Gasteiger partial charge in [-0.1, -0.05) is 46.6 Å². The van der Waals surface area contributed by atoms with Gasteiger partial charge in [0.1, 0.15) is 5.82 Å². The fraction of sp³-hybridized carbons (Fsp3) is 0.333. The monoisotopic (exact) mass is 501 g/mol. The Kier molecular flexibility index (Phi) is 6.27. The average molecular weight is 502 g/mol. The zero-order valence-electron chi connectivity index (χ0n) is 18.0. The van der Waals surface area contributed by atoms with Crippen LogP contribution in [0.1, 0.15) is 58.9 Å². The highest BCUT2D eigenvalue weighted by Crippen LogP contribution is 2.48. The molecule has 10 heteroatoms. The van der Waals surface area contributed by atoms with E-state index in [2.05, 4.69) is 20.9 Å². The first kappa shape index (κ1) is 22.8. The Labute approximate surface area is 205 Å². The molecule has 2 aromatic carbocycles.